The fourth-order valence-electron chi connectivity index (χ4n) is 0.360. The van der Waals surface area contributed by atoms with Crippen molar-refractivity contribution in [1.29, 1.82) is 0 Å². The van der Waals surface area contributed by atoms with Gasteiger partial charge < -0.3 is 20.1 Å². The summed E-state index contributed by atoms with van der Waals surface area (Å²) in [6.07, 6.45) is 2.05. The standard InChI is InChI=1S/C6H12O2.C2H4O2.C2H6O2/c1-3-4-5-8-6(2)7;1-2(3)4;3-1-2-4/h3-5H2,1-2H3;1H3,(H,3,4);3-4H,1-2H2. The fourth-order valence-corrected chi connectivity index (χ4v) is 0.360. The third kappa shape index (κ3) is 76.6. The minimum absolute atomic E-state index is 0.125. The number of hydrogen-bond donors (Lipinski definition) is 3. The van der Waals surface area contributed by atoms with Crippen LogP contribution in [0.5, 0.6) is 0 Å². The van der Waals surface area contributed by atoms with Crippen molar-refractivity contribution in [2.24, 2.45) is 0 Å². The maximum Gasteiger partial charge on any atom is 0.302 e. The van der Waals surface area contributed by atoms with E-state index in [0.717, 1.165) is 19.8 Å². The normalized spacial score (nSPS) is 7.81. The molecule has 0 aliphatic carbocycles. The van der Waals surface area contributed by atoms with Crippen LogP contribution in [0.2, 0.25) is 0 Å². The fraction of sp³-hybridized carbons (Fsp3) is 0.800. The second kappa shape index (κ2) is 19.4. The molecule has 0 aromatic heterocycles. The van der Waals surface area contributed by atoms with Crippen molar-refractivity contribution < 1.29 is 29.6 Å². The van der Waals surface area contributed by atoms with Gasteiger partial charge in [0.2, 0.25) is 0 Å². The Hall–Kier alpha value is -1.14. The van der Waals surface area contributed by atoms with Crippen LogP contribution in [0.15, 0.2) is 0 Å². The van der Waals surface area contributed by atoms with E-state index in [4.69, 9.17) is 20.1 Å². The third-order valence-electron chi connectivity index (χ3n) is 0.903. The number of aliphatic carboxylic acids is 1. The zero-order chi connectivity index (χ0) is 13.4. The van der Waals surface area contributed by atoms with Gasteiger partial charge in [0.15, 0.2) is 0 Å². The van der Waals surface area contributed by atoms with Crippen LogP contribution in [0.25, 0.3) is 0 Å². The Morgan fingerprint density at radius 3 is 1.69 bits per heavy atom. The molecule has 0 aromatic rings. The Kier molecular flexibility index (Phi) is 24.7. The van der Waals surface area contributed by atoms with E-state index in [-0.39, 0.29) is 19.2 Å². The number of hydrogen-bond acceptors (Lipinski definition) is 5. The van der Waals surface area contributed by atoms with Crippen LogP contribution in [-0.4, -0.2) is 47.1 Å². The van der Waals surface area contributed by atoms with Gasteiger partial charge in [-0.15, -0.1) is 0 Å². The Balaban J connectivity index is -0.000000179. The predicted molar refractivity (Wildman–Crippen MR) is 59.0 cm³/mol. The van der Waals surface area contributed by atoms with Crippen LogP contribution >= 0.6 is 0 Å². The summed E-state index contributed by atoms with van der Waals surface area (Å²) in [4.78, 5) is 19.1. The number of aliphatic hydroxyl groups is 2. The Morgan fingerprint density at radius 2 is 1.50 bits per heavy atom. The van der Waals surface area contributed by atoms with Gasteiger partial charge in [0.25, 0.3) is 5.97 Å². The summed E-state index contributed by atoms with van der Waals surface area (Å²) in [6, 6.07) is 0. The molecule has 16 heavy (non-hydrogen) atoms. The maximum absolute atomic E-state index is 10.1. The molecule has 0 atom stereocenters. The van der Waals surface area contributed by atoms with Crippen molar-refractivity contribution in [2.75, 3.05) is 19.8 Å². The Bertz CT molecular complexity index is 151. The molecule has 0 bridgehead atoms. The molecular weight excluding hydrogens is 216 g/mol. The first-order valence-electron chi connectivity index (χ1n) is 4.96. The van der Waals surface area contributed by atoms with Gasteiger partial charge in [-0.25, -0.2) is 0 Å². The topological polar surface area (TPSA) is 104 Å². The summed E-state index contributed by atoms with van der Waals surface area (Å²) >= 11 is 0. The van der Waals surface area contributed by atoms with Gasteiger partial charge in [-0.2, -0.15) is 0 Å². The molecule has 0 saturated carbocycles. The molecule has 0 spiro atoms. The largest absolute Gasteiger partial charge is 0.481 e. The van der Waals surface area contributed by atoms with Crippen LogP contribution in [0.1, 0.15) is 33.6 Å². The highest BCUT2D eigenvalue weighted by Crippen LogP contribution is 1.86. The molecule has 0 aliphatic heterocycles. The van der Waals surface area contributed by atoms with E-state index in [1.807, 2.05) is 0 Å². The minimum Gasteiger partial charge on any atom is -0.481 e. The lowest BCUT2D eigenvalue weighted by Crippen LogP contribution is -1.99. The van der Waals surface area contributed by atoms with E-state index in [9.17, 15) is 4.79 Å². The van der Waals surface area contributed by atoms with Gasteiger partial charge in [-0.1, -0.05) is 13.3 Å². The smallest absolute Gasteiger partial charge is 0.302 e. The Labute approximate surface area is 95.9 Å². The summed E-state index contributed by atoms with van der Waals surface area (Å²) in [6.45, 7) is 4.89. The number of aliphatic hydroxyl groups excluding tert-OH is 2. The van der Waals surface area contributed by atoms with Gasteiger partial charge in [0.05, 0.1) is 19.8 Å². The molecule has 0 heterocycles. The number of carbonyl (C=O) groups excluding carboxylic acids is 1. The molecule has 0 fully saturated rings. The van der Waals surface area contributed by atoms with Crippen molar-refractivity contribution in [3.05, 3.63) is 0 Å². The maximum atomic E-state index is 10.1. The molecular formula is C10H22O6. The molecule has 6 nitrogen and oxygen atoms in total. The SMILES string of the molecule is CC(=O)O.CCCCOC(C)=O.OCCO. The van der Waals surface area contributed by atoms with E-state index in [1.54, 1.807) is 0 Å². The first-order valence-corrected chi connectivity index (χ1v) is 4.96. The molecule has 98 valence electrons. The molecule has 0 amide bonds. The summed E-state index contributed by atoms with van der Waals surface area (Å²) in [5.74, 6) is -1.02. The van der Waals surface area contributed by atoms with Crippen molar-refractivity contribution >= 4 is 11.9 Å². The summed E-state index contributed by atoms with van der Waals surface area (Å²) in [5, 5.41) is 22.7. The van der Waals surface area contributed by atoms with Crippen molar-refractivity contribution in [3.63, 3.8) is 0 Å². The molecule has 3 N–H and O–H groups in total. The Morgan fingerprint density at radius 1 is 1.12 bits per heavy atom. The molecule has 6 heteroatoms. The zero-order valence-electron chi connectivity index (χ0n) is 10.1. The van der Waals surface area contributed by atoms with Crippen LogP contribution in [-0.2, 0) is 14.3 Å². The number of rotatable bonds is 4. The monoisotopic (exact) mass is 238 g/mol. The second-order valence-electron chi connectivity index (χ2n) is 2.66. The highest BCUT2D eigenvalue weighted by Gasteiger charge is 1.88. The van der Waals surface area contributed by atoms with Gasteiger partial charge in [-0.3, -0.25) is 9.59 Å². The first-order chi connectivity index (χ1) is 7.42. The van der Waals surface area contributed by atoms with Crippen molar-refractivity contribution in [2.45, 2.75) is 33.6 Å². The highest BCUT2D eigenvalue weighted by molar-refractivity contribution is 5.65. The predicted octanol–water partition coefficient (Wildman–Crippen LogP) is 0.412. The van der Waals surface area contributed by atoms with E-state index in [2.05, 4.69) is 11.7 Å². The van der Waals surface area contributed by atoms with Crippen LogP contribution < -0.4 is 0 Å². The van der Waals surface area contributed by atoms with Gasteiger partial charge >= 0.3 is 5.97 Å². The summed E-state index contributed by atoms with van der Waals surface area (Å²) < 4.78 is 4.64. The summed E-state index contributed by atoms with van der Waals surface area (Å²) in [5.41, 5.74) is 0. The second-order valence-corrected chi connectivity index (χ2v) is 2.66. The summed E-state index contributed by atoms with van der Waals surface area (Å²) in [7, 11) is 0. The lowest BCUT2D eigenvalue weighted by atomic mass is 10.4. The van der Waals surface area contributed by atoms with Crippen LogP contribution in [0.4, 0.5) is 0 Å². The van der Waals surface area contributed by atoms with E-state index in [1.165, 1.54) is 6.92 Å². The van der Waals surface area contributed by atoms with E-state index < -0.39 is 5.97 Å². The minimum atomic E-state index is -0.833. The number of unbranched alkanes of at least 4 members (excludes halogenated alkanes) is 1. The molecule has 0 saturated heterocycles. The first kappa shape index (κ1) is 20.3. The number of carboxylic acid groups (broad SMARTS) is 1. The quantitative estimate of drug-likeness (QED) is 0.484. The highest BCUT2D eigenvalue weighted by atomic mass is 16.5. The molecule has 0 unspecified atom stereocenters. The van der Waals surface area contributed by atoms with Crippen molar-refractivity contribution in [3.8, 4) is 0 Å². The number of carbonyl (C=O) groups is 2. The van der Waals surface area contributed by atoms with Gasteiger partial charge in [0, 0.05) is 13.8 Å². The number of ether oxygens (including phenoxy) is 1. The molecule has 0 aliphatic rings. The zero-order valence-corrected chi connectivity index (χ0v) is 10.1. The van der Waals surface area contributed by atoms with Gasteiger partial charge in [-0.05, 0) is 6.42 Å². The van der Waals surface area contributed by atoms with E-state index in [0.29, 0.717) is 6.61 Å². The van der Waals surface area contributed by atoms with Crippen LogP contribution in [0, 0.1) is 0 Å². The molecule has 0 rings (SSSR count). The van der Waals surface area contributed by atoms with Crippen LogP contribution in [0.3, 0.4) is 0 Å². The molecule has 0 radical (unpaired) electrons. The van der Waals surface area contributed by atoms with Gasteiger partial charge in [0.1, 0.15) is 0 Å². The lowest BCUT2D eigenvalue weighted by Gasteiger charge is -1.96. The molecule has 0 aromatic carbocycles. The average molecular weight is 238 g/mol. The lowest BCUT2D eigenvalue weighted by molar-refractivity contribution is -0.141. The van der Waals surface area contributed by atoms with Crippen molar-refractivity contribution in [1.82, 2.24) is 0 Å². The average Bonchev–Trinajstić information content (AvgIpc) is 2.17. The van der Waals surface area contributed by atoms with E-state index >= 15 is 0 Å². The third-order valence-corrected chi connectivity index (χ3v) is 0.903. The number of esters is 1. The number of carboxylic acids is 1.